The van der Waals surface area contributed by atoms with Gasteiger partial charge in [-0.3, -0.25) is 4.79 Å². The van der Waals surface area contributed by atoms with Crippen molar-refractivity contribution in [1.29, 1.82) is 0 Å². The van der Waals surface area contributed by atoms with E-state index in [-0.39, 0.29) is 24.5 Å². The Morgan fingerprint density at radius 1 is 0.909 bits per heavy atom. The number of furan rings is 1. The predicted molar refractivity (Wildman–Crippen MR) is 157 cm³/mol. The topological polar surface area (TPSA) is 169 Å². The number of ether oxygens (including phenoxy) is 3. The zero-order valence-electron chi connectivity index (χ0n) is 23.6. The average Bonchev–Trinajstić information content (AvgIpc) is 3.42. The van der Waals surface area contributed by atoms with E-state index in [2.05, 4.69) is 0 Å². The number of aliphatic hydroxyl groups excluding tert-OH is 4. The number of rotatable bonds is 9. The summed E-state index contributed by atoms with van der Waals surface area (Å²) in [4.78, 5) is 26.3. The Morgan fingerprint density at radius 3 is 2.48 bits per heavy atom. The second kappa shape index (κ2) is 12.3. The summed E-state index contributed by atoms with van der Waals surface area (Å²) >= 11 is 0. The maximum Gasteiger partial charge on any atom is 0.336 e. The molecule has 5 atom stereocenters. The van der Waals surface area contributed by atoms with Gasteiger partial charge in [-0.25, -0.2) is 4.79 Å². The highest BCUT2D eigenvalue weighted by atomic mass is 16.7. The third kappa shape index (κ3) is 5.52. The summed E-state index contributed by atoms with van der Waals surface area (Å²) < 4.78 is 28.3. The molecule has 3 heterocycles. The van der Waals surface area contributed by atoms with E-state index in [1.54, 1.807) is 36.4 Å². The number of carbonyl (C=O) groups excluding carboxylic acids is 1. The van der Waals surface area contributed by atoms with Gasteiger partial charge in [0.25, 0.3) is 0 Å². The van der Waals surface area contributed by atoms with Crippen LogP contribution in [0.5, 0.6) is 5.75 Å². The molecule has 3 aromatic carbocycles. The zero-order chi connectivity index (χ0) is 31.0. The molecule has 0 spiro atoms. The van der Waals surface area contributed by atoms with Crippen molar-refractivity contribution in [2.45, 2.75) is 31.7 Å². The molecule has 5 aromatic rings. The highest BCUT2D eigenvalue weighted by Crippen LogP contribution is 2.40. The first-order valence-electron chi connectivity index (χ1n) is 14.0. The van der Waals surface area contributed by atoms with E-state index in [0.717, 1.165) is 10.9 Å². The number of aliphatic hydroxyl groups is 4. The molecular formula is C33H30O11. The van der Waals surface area contributed by atoms with Gasteiger partial charge in [-0.15, -0.1) is 0 Å². The molecule has 1 saturated heterocycles. The Hall–Kier alpha value is -4.36. The van der Waals surface area contributed by atoms with E-state index < -0.39 is 48.7 Å². The summed E-state index contributed by atoms with van der Waals surface area (Å²) in [6.07, 6.45) is -5.84. The molecule has 5 unspecified atom stereocenters. The van der Waals surface area contributed by atoms with Gasteiger partial charge in [-0.1, -0.05) is 42.5 Å². The van der Waals surface area contributed by atoms with Gasteiger partial charge in [-0.2, -0.15) is 0 Å². The van der Waals surface area contributed by atoms with Crippen LogP contribution in [0.3, 0.4) is 0 Å². The van der Waals surface area contributed by atoms with E-state index in [1.807, 2.05) is 37.3 Å². The van der Waals surface area contributed by atoms with Gasteiger partial charge in [0.1, 0.15) is 29.6 Å². The summed E-state index contributed by atoms with van der Waals surface area (Å²) in [6.45, 7) is 1.25. The van der Waals surface area contributed by atoms with Crippen molar-refractivity contribution < 1.29 is 48.3 Å². The van der Waals surface area contributed by atoms with Crippen molar-refractivity contribution in [3.8, 4) is 16.9 Å². The van der Waals surface area contributed by atoms with Crippen LogP contribution in [0.25, 0.3) is 33.1 Å². The third-order valence-corrected chi connectivity index (χ3v) is 7.68. The second-order valence-electron chi connectivity index (χ2n) is 10.5. The molecule has 1 aliphatic heterocycles. The number of carbonyl (C=O) groups is 1. The Balaban J connectivity index is 1.26. The van der Waals surface area contributed by atoms with Gasteiger partial charge < -0.3 is 43.5 Å². The fourth-order valence-electron chi connectivity index (χ4n) is 5.44. The predicted octanol–water partition coefficient (Wildman–Crippen LogP) is 3.15. The first-order chi connectivity index (χ1) is 21.3. The largest absolute Gasteiger partial charge is 0.491 e. The maximum atomic E-state index is 14.0. The summed E-state index contributed by atoms with van der Waals surface area (Å²) in [6, 6.07) is 20.7. The molecule has 0 aliphatic carbocycles. The lowest BCUT2D eigenvalue weighted by molar-refractivity contribution is -0.332. The van der Waals surface area contributed by atoms with E-state index in [9.17, 15) is 30.0 Å². The fourth-order valence-corrected chi connectivity index (χ4v) is 5.44. The van der Waals surface area contributed by atoms with Crippen LogP contribution in [0.4, 0.5) is 0 Å². The minimum absolute atomic E-state index is 0.00860. The van der Waals surface area contributed by atoms with Crippen LogP contribution in [0.15, 0.2) is 86.4 Å². The number of ketones is 1. The van der Waals surface area contributed by atoms with Crippen molar-refractivity contribution in [2.24, 2.45) is 5.92 Å². The lowest BCUT2D eigenvalue weighted by atomic mass is 9.95. The highest BCUT2D eigenvalue weighted by Gasteiger charge is 2.44. The monoisotopic (exact) mass is 602 g/mol. The quantitative estimate of drug-likeness (QED) is 0.111. The minimum atomic E-state index is -1.67. The van der Waals surface area contributed by atoms with Crippen LogP contribution in [-0.2, 0) is 9.47 Å². The Morgan fingerprint density at radius 2 is 1.70 bits per heavy atom. The van der Waals surface area contributed by atoms with Crippen molar-refractivity contribution >= 4 is 27.7 Å². The molecule has 1 fully saturated rings. The van der Waals surface area contributed by atoms with Crippen molar-refractivity contribution in [3.63, 3.8) is 0 Å². The first-order valence-corrected chi connectivity index (χ1v) is 14.0. The minimum Gasteiger partial charge on any atom is -0.491 e. The molecule has 0 saturated carbocycles. The number of aryl methyl sites for hydroxylation is 1. The molecule has 4 N–H and O–H groups in total. The smallest absolute Gasteiger partial charge is 0.336 e. The SMILES string of the molecule is Cc1cc(=O)oc2c1ccc1oc(C(=O)c3cccc(OCCOC4OC(O)C(O)C(O)C4CO)c3)c(-c3ccccc3)c12. The molecule has 228 valence electrons. The van der Waals surface area contributed by atoms with Crippen LogP contribution in [0.2, 0.25) is 0 Å². The molecular weight excluding hydrogens is 572 g/mol. The Labute approximate surface area is 250 Å². The van der Waals surface area contributed by atoms with Gasteiger partial charge in [0, 0.05) is 22.6 Å². The van der Waals surface area contributed by atoms with Gasteiger partial charge in [-0.05, 0) is 42.3 Å². The van der Waals surface area contributed by atoms with E-state index in [1.165, 1.54) is 6.07 Å². The third-order valence-electron chi connectivity index (χ3n) is 7.68. The fraction of sp³-hybridized carbons (Fsp3) is 0.273. The number of fused-ring (bicyclic) bond motifs is 3. The van der Waals surface area contributed by atoms with E-state index in [0.29, 0.717) is 33.4 Å². The molecule has 0 amide bonds. The van der Waals surface area contributed by atoms with Crippen LogP contribution >= 0.6 is 0 Å². The molecule has 0 bridgehead atoms. The second-order valence-corrected chi connectivity index (χ2v) is 10.5. The van der Waals surface area contributed by atoms with Gasteiger partial charge in [0.05, 0.1) is 30.6 Å². The maximum absolute atomic E-state index is 14.0. The lowest BCUT2D eigenvalue weighted by Gasteiger charge is -2.39. The summed E-state index contributed by atoms with van der Waals surface area (Å²) in [5.41, 5.74) is 2.48. The summed E-state index contributed by atoms with van der Waals surface area (Å²) in [5.74, 6) is -0.936. The van der Waals surface area contributed by atoms with Gasteiger partial charge in [0.2, 0.25) is 5.78 Å². The van der Waals surface area contributed by atoms with E-state index in [4.69, 9.17) is 23.0 Å². The van der Waals surface area contributed by atoms with Gasteiger partial charge in [0.15, 0.2) is 18.3 Å². The molecule has 11 nitrogen and oxygen atoms in total. The van der Waals surface area contributed by atoms with Gasteiger partial charge >= 0.3 is 5.63 Å². The summed E-state index contributed by atoms with van der Waals surface area (Å²) in [7, 11) is 0. The normalized spacial score (nSPS) is 22.0. The average molecular weight is 603 g/mol. The van der Waals surface area contributed by atoms with Crippen molar-refractivity contribution in [2.75, 3.05) is 19.8 Å². The molecule has 44 heavy (non-hydrogen) atoms. The van der Waals surface area contributed by atoms with Crippen LogP contribution < -0.4 is 10.4 Å². The lowest BCUT2D eigenvalue weighted by Crippen LogP contribution is -2.56. The molecule has 2 aromatic heterocycles. The first kappa shape index (κ1) is 29.7. The molecule has 1 aliphatic rings. The number of benzene rings is 3. The molecule has 6 rings (SSSR count). The van der Waals surface area contributed by atoms with Crippen molar-refractivity contribution in [3.05, 3.63) is 100 Å². The van der Waals surface area contributed by atoms with Crippen LogP contribution in [-0.4, -0.2) is 70.8 Å². The Bertz CT molecular complexity index is 1860. The molecule has 11 heteroatoms. The van der Waals surface area contributed by atoms with Crippen molar-refractivity contribution in [1.82, 2.24) is 0 Å². The number of hydrogen-bond donors (Lipinski definition) is 4. The Kier molecular flexibility index (Phi) is 8.32. The summed E-state index contributed by atoms with van der Waals surface area (Å²) in [5, 5.41) is 40.4. The van der Waals surface area contributed by atoms with Crippen LogP contribution in [0, 0.1) is 12.8 Å². The standard InChI is InChI=1S/C33H30O11/c1-17-14-24(35)43-30-21(17)10-11-23-26(30)25(18-6-3-2-4-7-18)31(42-23)27(36)19-8-5-9-20(15-19)40-12-13-41-33-22(16-34)28(37)29(38)32(39)44-33/h2-11,14-15,22,28-29,32-34,37-39H,12-13,16H2,1H3. The highest BCUT2D eigenvalue weighted by molar-refractivity contribution is 6.20. The zero-order valence-corrected chi connectivity index (χ0v) is 23.6. The number of hydrogen-bond acceptors (Lipinski definition) is 11. The van der Waals surface area contributed by atoms with Crippen LogP contribution in [0.1, 0.15) is 21.7 Å². The molecule has 0 radical (unpaired) electrons. The van der Waals surface area contributed by atoms with E-state index >= 15 is 0 Å².